The van der Waals surface area contributed by atoms with Crippen LogP contribution in [0.3, 0.4) is 0 Å². The minimum Gasteiger partial charge on any atom is -0.494 e. The van der Waals surface area contributed by atoms with Gasteiger partial charge in [-0.2, -0.15) is 0 Å². The van der Waals surface area contributed by atoms with E-state index >= 15 is 0 Å². The Morgan fingerprint density at radius 3 is 2.88 bits per heavy atom. The van der Waals surface area contributed by atoms with Crippen molar-refractivity contribution in [3.05, 3.63) is 53.8 Å². The molecule has 0 saturated carbocycles. The lowest BCUT2D eigenvalue weighted by atomic mass is 10.00. The number of carbonyl (C=O) groups excluding carboxylic acids is 1. The average molecular weight is 371 g/mol. The van der Waals surface area contributed by atoms with Gasteiger partial charge in [0.25, 0.3) is 0 Å². The zero-order valence-corrected chi connectivity index (χ0v) is 15.1. The zero-order valence-electron chi connectivity index (χ0n) is 14.2. The molecule has 1 fully saturated rings. The molecule has 1 saturated heterocycles. The number of amides is 1. The number of benzene rings is 2. The van der Waals surface area contributed by atoms with E-state index < -0.39 is 0 Å². The molecule has 1 amide bonds. The number of thiazole rings is 1. The number of ether oxygens (including phenoxy) is 1. The molecular weight excluding hydrogens is 353 g/mol. The summed E-state index contributed by atoms with van der Waals surface area (Å²) in [6.07, 6.45) is 0. The minimum absolute atomic E-state index is 0.0526. The first-order chi connectivity index (χ1) is 12.7. The summed E-state index contributed by atoms with van der Waals surface area (Å²) in [6.45, 7) is 1.44. The van der Waals surface area contributed by atoms with Gasteiger partial charge in [-0.15, -0.1) is 0 Å². The summed E-state index contributed by atoms with van der Waals surface area (Å²) in [5, 5.41) is 3.71. The number of para-hydroxylation sites is 1. The van der Waals surface area contributed by atoms with Crippen LogP contribution in [0.2, 0.25) is 0 Å². The van der Waals surface area contributed by atoms with Crippen molar-refractivity contribution >= 4 is 32.6 Å². The van der Waals surface area contributed by atoms with Gasteiger partial charge in [0.2, 0.25) is 5.91 Å². The first kappa shape index (κ1) is 16.8. The zero-order chi connectivity index (χ0) is 18.1. The van der Waals surface area contributed by atoms with Gasteiger partial charge in [0, 0.05) is 25.2 Å². The van der Waals surface area contributed by atoms with Gasteiger partial charge in [0.05, 0.1) is 17.7 Å². The van der Waals surface area contributed by atoms with E-state index in [1.165, 1.54) is 6.07 Å². The molecule has 2 heterocycles. The molecule has 2 aromatic carbocycles. The summed E-state index contributed by atoms with van der Waals surface area (Å²) in [4.78, 5) is 19.0. The highest BCUT2D eigenvalue weighted by atomic mass is 32.1. The monoisotopic (exact) mass is 371 g/mol. The first-order valence-corrected chi connectivity index (χ1v) is 9.17. The lowest BCUT2D eigenvalue weighted by Gasteiger charge is -2.37. The molecule has 1 aliphatic rings. The quantitative estimate of drug-likeness (QED) is 0.748. The summed E-state index contributed by atoms with van der Waals surface area (Å²) in [5.74, 6) is 0.301. The average Bonchev–Trinajstić information content (AvgIpc) is 3.03. The predicted molar refractivity (Wildman–Crippen MR) is 100 cm³/mol. The van der Waals surface area contributed by atoms with Crippen LogP contribution in [0.15, 0.2) is 42.5 Å². The third-order valence-corrected chi connectivity index (χ3v) is 5.61. The Hall–Kier alpha value is -2.67. The van der Waals surface area contributed by atoms with Crippen LogP contribution >= 0.6 is 11.3 Å². The van der Waals surface area contributed by atoms with E-state index in [2.05, 4.69) is 15.2 Å². The Kier molecular flexibility index (Phi) is 4.46. The third kappa shape index (κ3) is 3.10. The summed E-state index contributed by atoms with van der Waals surface area (Å²) < 4.78 is 20.0. The maximum Gasteiger partial charge on any atom is 0.226 e. The fourth-order valence-corrected chi connectivity index (χ4v) is 3.98. The van der Waals surface area contributed by atoms with Gasteiger partial charge in [-0.05, 0) is 18.2 Å². The lowest BCUT2D eigenvalue weighted by molar-refractivity contribution is -0.125. The Bertz CT molecular complexity index is 953. The molecule has 0 atom stereocenters. The number of rotatable bonds is 5. The number of anilines is 1. The smallest absolute Gasteiger partial charge is 0.226 e. The van der Waals surface area contributed by atoms with E-state index in [0.717, 1.165) is 21.1 Å². The standard InChI is InChI=1S/C19H18FN3O2S/c1-25-15-7-4-8-16-17(15)22-19(26-16)23-10-13(11-23)18(24)21-9-12-5-2-3-6-14(12)20/h2-8,13H,9-11H2,1H3,(H,21,24). The number of hydrogen-bond acceptors (Lipinski definition) is 5. The van der Waals surface area contributed by atoms with Crippen LogP contribution in [0.1, 0.15) is 5.56 Å². The van der Waals surface area contributed by atoms with E-state index in [-0.39, 0.29) is 24.2 Å². The van der Waals surface area contributed by atoms with Crippen molar-refractivity contribution < 1.29 is 13.9 Å². The topological polar surface area (TPSA) is 54.5 Å². The van der Waals surface area contributed by atoms with Crippen LogP contribution in [0.25, 0.3) is 10.2 Å². The second-order valence-electron chi connectivity index (χ2n) is 6.21. The van der Waals surface area contributed by atoms with E-state index in [0.29, 0.717) is 18.7 Å². The Balaban J connectivity index is 1.36. The van der Waals surface area contributed by atoms with E-state index in [9.17, 15) is 9.18 Å². The number of carbonyl (C=O) groups is 1. The summed E-state index contributed by atoms with van der Waals surface area (Å²) >= 11 is 1.59. The van der Waals surface area contributed by atoms with Crippen LogP contribution in [0.5, 0.6) is 5.75 Å². The van der Waals surface area contributed by atoms with Crippen molar-refractivity contribution in [1.29, 1.82) is 0 Å². The van der Waals surface area contributed by atoms with Gasteiger partial charge in [-0.25, -0.2) is 9.37 Å². The number of hydrogen-bond donors (Lipinski definition) is 1. The number of halogens is 1. The van der Waals surface area contributed by atoms with E-state index in [4.69, 9.17) is 4.74 Å². The SMILES string of the molecule is COc1cccc2sc(N3CC(C(=O)NCc4ccccc4F)C3)nc12. The predicted octanol–water partition coefficient (Wildman–Crippen LogP) is 3.20. The van der Waals surface area contributed by atoms with Crippen molar-refractivity contribution in [2.45, 2.75) is 6.54 Å². The highest BCUT2D eigenvalue weighted by Crippen LogP contribution is 2.36. The number of methoxy groups -OCH3 is 1. The van der Waals surface area contributed by atoms with Crippen molar-refractivity contribution in [1.82, 2.24) is 10.3 Å². The van der Waals surface area contributed by atoms with Gasteiger partial charge in [0.1, 0.15) is 17.1 Å². The van der Waals surface area contributed by atoms with Gasteiger partial charge in [-0.3, -0.25) is 4.79 Å². The fraction of sp³-hybridized carbons (Fsp3) is 0.263. The molecule has 0 spiro atoms. The second kappa shape index (κ2) is 6.92. The Labute approximate surface area is 154 Å². The molecule has 3 aromatic rings. The highest BCUT2D eigenvalue weighted by molar-refractivity contribution is 7.22. The number of aromatic nitrogens is 1. The van der Waals surface area contributed by atoms with Gasteiger partial charge >= 0.3 is 0 Å². The second-order valence-corrected chi connectivity index (χ2v) is 7.22. The molecular formula is C19H18FN3O2S. The van der Waals surface area contributed by atoms with Crippen LogP contribution in [0, 0.1) is 11.7 Å². The summed E-state index contributed by atoms with van der Waals surface area (Å²) in [5.41, 5.74) is 1.35. The highest BCUT2D eigenvalue weighted by Gasteiger charge is 2.34. The fourth-order valence-electron chi connectivity index (χ4n) is 2.98. The largest absolute Gasteiger partial charge is 0.494 e. The molecule has 7 heteroatoms. The normalized spacial score (nSPS) is 14.3. The first-order valence-electron chi connectivity index (χ1n) is 8.35. The maximum absolute atomic E-state index is 13.6. The molecule has 0 bridgehead atoms. The lowest BCUT2D eigenvalue weighted by Crippen LogP contribution is -2.53. The van der Waals surface area contributed by atoms with Crippen molar-refractivity contribution in [3.63, 3.8) is 0 Å². The number of fused-ring (bicyclic) bond motifs is 1. The van der Waals surface area contributed by atoms with Gasteiger partial charge < -0.3 is 15.0 Å². The third-order valence-electron chi connectivity index (χ3n) is 4.52. The molecule has 1 aliphatic heterocycles. The number of nitrogens with zero attached hydrogens (tertiary/aromatic N) is 2. The molecule has 5 nitrogen and oxygen atoms in total. The summed E-state index contributed by atoms with van der Waals surface area (Å²) in [6, 6.07) is 12.3. The Morgan fingerprint density at radius 1 is 1.31 bits per heavy atom. The van der Waals surface area contributed by atoms with Crippen LogP contribution in [-0.4, -0.2) is 31.1 Å². The molecule has 0 aliphatic carbocycles. The van der Waals surface area contributed by atoms with E-state index in [1.807, 2.05) is 18.2 Å². The summed E-state index contributed by atoms with van der Waals surface area (Å²) in [7, 11) is 1.63. The van der Waals surface area contributed by atoms with Gasteiger partial charge in [-0.1, -0.05) is 35.6 Å². The van der Waals surface area contributed by atoms with Crippen LogP contribution in [0.4, 0.5) is 9.52 Å². The molecule has 1 aromatic heterocycles. The molecule has 26 heavy (non-hydrogen) atoms. The number of nitrogens with one attached hydrogen (secondary N) is 1. The van der Waals surface area contributed by atoms with Crippen molar-refractivity contribution in [2.24, 2.45) is 5.92 Å². The van der Waals surface area contributed by atoms with Crippen molar-refractivity contribution in [3.8, 4) is 5.75 Å². The van der Waals surface area contributed by atoms with Gasteiger partial charge in [0.15, 0.2) is 5.13 Å². The molecule has 4 rings (SSSR count). The van der Waals surface area contributed by atoms with Crippen LogP contribution < -0.4 is 15.0 Å². The molecule has 1 N–H and O–H groups in total. The van der Waals surface area contributed by atoms with E-state index in [1.54, 1.807) is 36.6 Å². The molecule has 0 unspecified atom stereocenters. The molecule has 134 valence electrons. The Morgan fingerprint density at radius 2 is 2.12 bits per heavy atom. The molecule has 0 radical (unpaired) electrons. The minimum atomic E-state index is -0.300. The van der Waals surface area contributed by atoms with Crippen molar-refractivity contribution in [2.75, 3.05) is 25.1 Å². The van der Waals surface area contributed by atoms with Crippen LogP contribution in [-0.2, 0) is 11.3 Å². The maximum atomic E-state index is 13.6.